The summed E-state index contributed by atoms with van der Waals surface area (Å²) in [5, 5.41) is 5.93. The Bertz CT molecular complexity index is 322. The van der Waals surface area contributed by atoms with Gasteiger partial charge in [0.1, 0.15) is 6.04 Å². The third-order valence-corrected chi connectivity index (χ3v) is 2.38. The quantitative estimate of drug-likeness (QED) is 0.364. The number of carbonyl (C=O) groups is 2. The number of carbonyl (C=O) groups excluding carboxylic acids is 1. The Labute approximate surface area is 73.3 Å². The molecule has 0 aromatic heterocycles. The van der Waals surface area contributed by atoms with Crippen molar-refractivity contribution >= 4 is 22.0 Å². The summed E-state index contributed by atoms with van der Waals surface area (Å²) >= 11 is 0. The van der Waals surface area contributed by atoms with E-state index in [-0.39, 0.29) is 0 Å². The molecule has 0 aromatic rings. The first kappa shape index (κ1) is 11.8. The summed E-state index contributed by atoms with van der Waals surface area (Å²) < 4.78 is 29.3. The summed E-state index contributed by atoms with van der Waals surface area (Å²) in [6.45, 7) is 0. The predicted molar refractivity (Wildman–Crippen MR) is 40.1 cm³/mol. The SMILES string of the molecule is NC(=O)C([C@H](N)C(=O)O)S(=O)(=O)O. The first-order valence-electron chi connectivity index (χ1n) is 2.92. The third kappa shape index (κ3) is 2.97. The van der Waals surface area contributed by atoms with Gasteiger partial charge in [-0.15, -0.1) is 0 Å². The highest BCUT2D eigenvalue weighted by atomic mass is 32.2. The van der Waals surface area contributed by atoms with Crippen LogP contribution in [0.5, 0.6) is 0 Å². The molecular formula is C4H8N2O6S. The second-order valence-electron chi connectivity index (χ2n) is 2.20. The van der Waals surface area contributed by atoms with Gasteiger partial charge < -0.3 is 16.6 Å². The van der Waals surface area contributed by atoms with Crippen molar-refractivity contribution in [2.45, 2.75) is 11.3 Å². The molecule has 0 fully saturated rings. The van der Waals surface area contributed by atoms with Gasteiger partial charge in [0, 0.05) is 0 Å². The van der Waals surface area contributed by atoms with Crippen LogP contribution in [0.2, 0.25) is 0 Å². The van der Waals surface area contributed by atoms with Gasteiger partial charge >= 0.3 is 5.97 Å². The van der Waals surface area contributed by atoms with Gasteiger partial charge in [0.05, 0.1) is 0 Å². The molecule has 0 heterocycles. The second-order valence-corrected chi connectivity index (χ2v) is 3.74. The fourth-order valence-corrected chi connectivity index (χ4v) is 1.42. The van der Waals surface area contributed by atoms with E-state index in [2.05, 4.69) is 5.73 Å². The van der Waals surface area contributed by atoms with E-state index in [4.69, 9.17) is 15.4 Å². The number of hydrogen-bond donors (Lipinski definition) is 4. The van der Waals surface area contributed by atoms with Crippen molar-refractivity contribution in [3.63, 3.8) is 0 Å². The van der Waals surface area contributed by atoms with Crippen LogP contribution < -0.4 is 11.5 Å². The Balaban J connectivity index is 5.07. The molecule has 0 aliphatic rings. The largest absolute Gasteiger partial charge is 0.480 e. The fourth-order valence-electron chi connectivity index (χ4n) is 0.639. The van der Waals surface area contributed by atoms with Gasteiger partial charge in [-0.25, -0.2) is 0 Å². The van der Waals surface area contributed by atoms with E-state index in [1.165, 1.54) is 0 Å². The lowest BCUT2D eigenvalue weighted by Gasteiger charge is -2.13. The van der Waals surface area contributed by atoms with Gasteiger partial charge in [-0.1, -0.05) is 0 Å². The topological polar surface area (TPSA) is 161 Å². The Morgan fingerprint density at radius 3 is 1.77 bits per heavy atom. The highest BCUT2D eigenvalue weighted by Crippen LogP contribution is 2.02. The Hall–Kier alpha value is -1.19. The second kappa shape index (κ2) is 3.68. The highest BCUT2D eigenvalue weighted by Gasteiger charge is 2.39. The third-order valence-electron chi connectivity index (χ3n) is 1.21. The molecule has 1 unspecified atom stereocenters. The molecule has 0 spiro atoms. The maximum absolute atomic E-state index is 10.4. The summed E-state index contributed by atoms with van der Waals surface area (Å²) in [5.41, 5.74) is 9.35. The molecular weight excluding hydrogens is 204 g/mol. The zero-order chi connectivity index (χ0) is 10.8. The molecule has 0 rings (SSSR count). The molecule has 8 nitrogen and oxygen atoms in total. The molecule has 2 atom stereocenters. The number of amides is 1. The van der Waals surface area contributed by atoms with Crippen LogP contribution in [0.1, 0.15) is 0 Å². The number of hydrogen-bond acceptors (Lipinski definition) is 5. The minimum Gasteiger partial charge on any atom is -0.480 e. The summed E-state index contributed by atoms with van der Waals surface area (Å²) in [6, 6.07) is -2.08. The molecule has 1 amide bonds. The number of primary amides is 1. The first-order valence-corrected chi connectivity index (χ1v) is 4.42. The zero-order valence-corrected chi connectivity index (χ0v) is 7.06. The standard InChI is InChI=1S/C4H8N2O6S/c5-1(4(8)9)2(3(6)7)13(10,11)12/h1-2H,5H2,(H2,6,7)(H,8,9)(H,10,11,12)/t1-,2?/m0/s1. The van der Waals surface area contributed by atoms with E-state index in [9.17, 15) is 18.0 Å². The van der Waals surface area contributed by atoms with Crippen LogP contribution in [0.3, 0.4) is 0 Å². The lowest BCUT2D eigenvalue weighted by Crippen LogP contribution is -2.52. The Kier molecular flexibility index (Phi) is 3.34. The van der Waals surface area contributed by atoms with Crippen LogP contribution in [-0.2, 0) is 19.7 Å². The van der Waals surface area contributed by atoms with Crippen LogP contribution >= 0.6 is 0 Å². The maximum Gasteiger partial charge on any atom is 0.322 e. The minimum atomic E-state index is -4.89. The summed E-state index contributed by atoms with van der Waals surface area (Å²) in [7, 11) is -4.89. The molecule has 13 heavy (non-hydrogen) atoms. The van der Waals surface area contributed by atoms with Crippen molar-refractivity contribution in [2.75, 3.05) is 0 Å². The van der Waals surface area contributed by atoms with Crippen LogP contribution in [0.25, 0.3) is 0 Å². The molecule has 0 bridgehead atoms. The van der Waals surface area contributed by atoms with Crippen molar-refractivity contribution in [3.05, 3.63) is 0 Å². The molecule has 0 aliphatic heterocycles. The summed E-state index contributed by atoms with van der Waals surface area (Å²) in [5.74, 6) is -3.26. The van der Waals surface area contributed by atoms with Gasteiger partial charge in [-0.3, -0.25) is 14.1 Å². The highest BCUT2D eigenvalue weighted by molar-refractivity contribution is 7.87. The zero-order valence-electron chi connectivity index (χ0n) is 6.25. The first-order chi connectivity index (χ1) is 5.68. The van der Waals surface area contributed by atoms with Crippen LogP contribution in [-0.4, -0.2) is 41.2 Å². The molecule has 0 saturated carbocycles. The van der Waals surface area contributed by atoms with Crippen LogP contribution in [0, 0.1) is 0 Å². The maximum atomic E-state index is 10.4. The lowest BCUT2D eigenvalue weighted by atomic mass is 10.2. The van der Waals surface area contributed by atoms with Crippen molar-refractivity contribution in [1.29, 1.82) is 0 Å². The molecule has 76 valence electrons. The molecule has 0 aliphatic carbocycles. The number of nitrogens with two attached hydrogens (primary N) is 2. The number of carboxylic acids is 1. The van der Waals surface area contributed by atoms with E-state index in [1.54, 1.807) is 0 Å². The summed E-state index contributed by atoms with van der Waals surface area (Å²) in [4.78, 5) is 20.6. The van der Waals surface area contributed by atoms with Gasteiger partial charge in [0.25, 0.3) is 10.1 Å². The average Bonchev–Trinajstić information content (AvgIpc) is 1.82. The van der Waals surface area contributed by atoms with E-state index in [0.29, 0.717) is 0 Å². The number of carboxylic acid groups (broad SMARTS) is 1. The monoisotopic (exact) mass is 212 g/mol. The van der Waals surface area contributed by atoms with Gasteiger partial charge in [-0.05, 0) is 0 Å². The smallest absolute Gasteiger partial charge is 0.322 e. The molecule has 0 saturated heterocycles. The Morgan fingerprint density at radius 2 is 1.69 bits per heavy atom. The number of rotatable bonds is 4. The molecule has 0 radical (unpaired) electrons. The molecule has 0 aromatic carbocycles. The van der Waals surface area contributed by atoms with E-state index in [1.807, 2.05) is 0 Å². The minimum absolute atomic E-state index is 1.52. The van der Waals surface area contributed by atoms with E-state index < -0.39 is 33.3 Å². The predicted octanol–water partition coefficient (Wildman–Crippen LogP) is -2.86. The van der Waals surface area contributed by atoms with E-state index in [0.717, 1.165) is 0 Å². The van der Waals surface area contributed by atoms with E-state index >= 15 is 0 Å². The van der Waals surface area contributed by atoms with Crippen molar-refractivity contribution in [3.8, 4) is 0 Å². The van der Waals surface area contributed by atoms with Gasteiger partial charge in [0.15, 0.2) is 5.25 Å². The molecule has 9 heteroatoms. The molecule has 6 N–H and O–H groups in total. The normalized spacial score (nSPS) is 16.2. The average molecular weight is 212 g/mol. The van der Waals surface area contributed by atoms with Gasteiger partial charge in [-0.2, -0.15) is 8.42 Å². The van der Waals surface area contributed by atoms with Crippen molar-refractivity contribution in [2.24, 2.45) is 11.5 Å². The van der Waals surface area contributed by atoms with Crippen LogP contribution in [0.4, 0.5) is 0 Å². The fraction of sp³-hybridized carbons (Fsp3) is 0.500. The van der Waals surface area contributed by atoms with Crippen molar-refractivity contribution in [1.82, 2.24) is 0 Å². The van der Waals surface area contributed by atoms with Crippen molar-refractivity contribution < 1.29 is 27.7 Å². The Morgan fingerprint density at radius 1 is 1.31 bits per heavy atom. The van der Waals surface area contributed by atoms with Gasteiger partial charge in [0.2, 0.25) is 5.91 Å². The van der Waals surface area contributed by atoms with Crippen LogP contribution in [0.15, 0.2) is 0 Å². The lowest BCUT2D eigenvalue weighted by molar-refractivity contribution is -0.140. The number of aliphatic carboxylic acids is 1. The summed E-state index contributed by atoms with van der Waals surface area (Å²) in [6.07, 6.45) is 0.